The summed E-state index contributed by atoms with van der Waals surface area (Å²) >= 11 is 2.22. The second-order valence-corrected chi connectivity index (χ2v) is 3.50. The van der Waals surface area contributed by atoms with Gasteiger partial charge in [0.05, 0.1) is 0 Å². The molecule has 0 aliphatic rings. The molecule has 0 unspecified atom stereocenters. The van der Waals surface area contributed by atoms with Gasteiger partial charge in [-0.05, 0) is 41.2 Å². The molecule has 0 fully saturated rings. The zero-order chi connectivity index (χ0) is 8.43. The molecule has 0 aromatic carbocycles. The summed E-state index contributed by atoms with van der Waals surface area (Å²) < 4.78 is 1.10. The first-order chi connectivity index (χ1) is 5.13. The van der Waals surface area contributed by atoms with Crippen LogP contribution in [0, 0.1) is 3.57 Å². The Labute approximate surface area is 79.7 Å². The van der Waals surface area contributed by atoms with Gasteiger partial charge in [0.2, 0.25) is 0 Å². The van der Waals surface area contributed by atoms with Crippen LogP contribution in [0.1, 0.15) is 12.5 Å². The molecule has 11 heavy (non-hydrogen) atoms. The van der Waals surface area contributed by atoms with E-state index in [1.807, 2.05) is 13.0 Å². The molecule has 58 valence electrons. The van der Waals surface area contributed by atoms with Crippen LogP contribution in [0.25, 0.3) is 5.57 Å². The van der Waals surface area contributed by atoms with E-state index in [4.69, 9.17) is 5.73 Å². The lowest BCUT2D eigenvalue weighted by Crippen LogP contribution is -1.97. The van der Waals surface area contributed by atoms with Crippen molar-refractivity contribution in [2.75, 3.05) is 5.73 Å². The van der Waals surface area contributed by atoms with E-state index in [9.17, 15) is 0 Å². The van der Waals surface area contributed by atoms with E-state index < -0.39 is 0 Å². The standard InChI is InChI=1S/C8H9IN2/c1-5(2)7-6(9)3-4-11-8(7)10/h3-4H,1H2,2H3,(H2,10,11). The van der Waals surface area contributed by atoms with Crippen LogP contribution >= 0.6 is 22.6 Å². The van der Waals surface area contributed by atoms with E-state index in [2.05, 4.69) is 34.2 Å². The summed E-state index contributed by atoms with van der Waals surface area (Å²) in [5, 5.41) is 0. The number of nitrogens with zero attached hydrogens (tertiary/aromatic N) is 1. The Balaban J connectivity index is 3.32. The highest BCUT2D eigenvalue weighted by Crippen LogP contribution is 2.22. The van der Waals surface area contributed by atoms with Gasteiger partial charge in [-0.2, -0.15) is 0 Å². The normalized spacial score (nSPS) is 9.64. The minimum absolute atomic E-state index is 0.560. The summed E-state index contributed by atoms with van der Waals surface area (Å²) in [6.45, 7) is 5.75. The fourth-order valence-corrected chi connectivity index (χ4v) is 1.77. The molecule has 2 N–H and O–H groups in total. The van der Waals surface area contributed by atoms with E-state index in [0.29, 0.717) is 5.82 Å². The van der Waals surface area contributed by atoms with Gasteiger partial charge < -0.3 is 5.73 Å². The predicted molar refractivity (Wildman–Crippen MR) is 56.1 cm³/mol. The molecule has 0 atom stereocenters. The fraction of sp³-hybridized carbons (Fsp3) is 0.125. The highest BCUT2D eigenvalue weighted by Gasteiger charge is 2.04. The van der Waals surface area contributed by atoms with E-state index in [0.717, 1.165) is 14.7 Å². The van der Waals surface area contributed by atoms with Crippen LogP contribution in [0.4, 0.5) is 5.82 Å². The minimum atomic E-state index is 0.560. The molecule has 2 nitrogen and oxygen atoms in total. The van der Waals surface area contributed by atoms with Crippen LogP contribution in [0.2, 0.25) is 0 Å². The molecule has 1 rings (SSSR count). The summed E-state index contributed by atoms with van der Waals surface area (Å²) in [6.07, 6.45) is 1.70. The van der Waals surface area contributed by atoms with Crippen LogP contribution in [-0.2, 0) is 0 Å². The molecule has 0 bridgehead atoms. The molecule has 1 aromatic rings. The Morgan fingerprint density at radius 2 is 2.36 bits per heavy atom. The van der Waals surface area contributed by atoms with Gasteiger partial charge in [-0.1, -0.05) is 6.58 Å². The van der Waals surface area contributed by atoms with E-state index >= 15 is 0 Å². The van der Waals surface area contributed by atoms with Crippen molar-refractivity contribution in [3.8, 4) is 0 Å². The summed E-state index contributed by atoms with van der Waals surface area (Å²) in [7, 11) is 0. The molecule has 1 aromatic heterocycles. The summed E-state index contributed by atoms with van der Waals surface area (Å²) in [5.41, 5.74) is 7.57. The van der Waals surface area contributed by atoms with Crippen molar-refractivity contribution in [2.24, 2.45) is 0 Å². The highest BCUT2D eigenvalue weighted by atomic mass is 127. The van der Waals surface area contributed by atoms with Gasteiger partial charge in [0.1, 0.15) is 5.82 Å². The van der Waals surface area contributed by atoms with Crippen LogP contribution in [-0.4, -0.2) is 4.98 Å². The number of hydrogen-bond acceptors (Lipinski definition) is 2. The molecule has 3 heteroatoms. The Morgan fingerprint density at radius 1 is 1.73 bits per heavy atom. The van der Waals surface area contributed by atoms with Gasteiger partial charge in [0, 0.05) is 15.3 Å². The lowest BCUT2D eigenvalue weighted by Gasteiger charge is -2.04. The highest BCUT2D eigenvalue weighted by molar-refractivity contribution is 14.1. The Kier molecular flexibility index (Phi) is 2.49. The summed E-state index contributed by atoms with van der Waals surface area (Å²) in [6, 6.07) is 1.92. The maximum absolute atomic E-state index is 5.65. The first-order valence-electron chi connectivity index (χ1n) is 3.19. The van der Waals surface area contributed by atoms with Crippen LogP contribution < -0.4 is 5.73 Å². The number of aromatic nitrogens is 1. The second kappa shape index (κ2) is 3.21. The SMILES string of the molecule is C=C(C)c1c(I)ccnc1N. The number of nitrogen functional groups attached to an aromatic ring is 1. The lowest BCUT2D eigenvalue weighted by atomic mass is 10.1. The predicted octanol–water partition coefficient (Wildman–Crippen LogP) is 2.30. The third kappa shape index (κ3) is 1.71. The van der Waals surface area contributed by atoms with Crippen molar-refractivity contribution in [2.45, 2.75) is 6.92 Å². The van der Waals surface area contributed by atoms with Crippen LogP contribution in [0.3, 0.4) is 0 Å². The van der Waals surface area contributed by atoms with Gasteiger partial charge >= 0.3 is 0 Å². The Bertz CT molecular complexity index is 274. The van der Waals surface area contributed by atoms with Crippen molar-refractivity contribution < 1.29 is 0 Å². The number of pyridine rings is 1. The molecule has 1 heterocycles. The van der Waals surface area contributed by atoms with Gasteiger partial charge in [0.15, 0.2) is 0 Å². The Hall–Kier alpha value is -0.580. The van der Waals surface area contributed by atoms with Gasteiger partial charge in [-0.3, -0.25) is 0 Å². The first kappa shape index (κ1) is 8.52. The number of rotatable bonds is 1. The van der Waals surface area contributed by atoms with Gasteiger partial charge in [0.25, 0.3) is 0 Å². The number of halogens is 1. The van der Waals surface area contributed by atoms with E-state index in [1.54, 1.807) is 6.20 Å². The van der Waals surface area contributed by atoms with Crippen molar-refractivity contribution in [1.29, 1.82) is 0 Å². The van der Waals surface area contributed by atoms with Crippen LogP contribution in [0.5, 0.6) is 0 Å². The van der Waals surface area contributed by atoms with Crippen molar-refractivity contribution in [1.82, 2.24) is 4.98 Å². The number of allylic oxidation sites excluding steroid dienone is 1. The van der Waals surface area contributed by atoms with Gasteiger partial charge in [-0.25, -0.2) is 4.98 Å². The fourth-order valence-electron chi connectivity index (χ4n) is 0.876. The van der Waals surface area contributed by atoms with Crippen molar-refractivity contribution in [3.63, 3.8) is 0 Å². The molecule has 0 saturated carbocycles. The lowest BCUT2D eigenvalue weighted by molar-refractivity contribution is 1.30. The minimum Gasteiger partial charge on any atom is -0.383 e. The third-order valence-corrected chi connectivity index (χ3v) is 2.26. The molecule has 0 spiro atoms. The zero-order valence-corrected chi connectivity index (χ0v) is 8.42. The first-order valence-corrected chi connectivity index (χ1v) is 4.26. The smallest absolute Gasteiger partial charge is 0.131 e. The Morgan fingerprint density at radius 3 is 2.73 bits per heavy atom. The maximum Gasteiger partial charge on any atom is 0.131 e. The summed E-state index contributed by atoms with van der Waals surface area (Å²) in [4.78, 5) is 3.97. The zero-order valence-electron chi connectivity index (χ0n) is 6.26. The average molecular weight is 260 g/mol. The number of hydrogen-bond donors (Lipinski definition) is 1. The van der Waals surface area contributed by atoms with E-state index in [1.165, 1.54) is 0 Å². The quantitative estimate of drug-likeness (QED) is 0.787. The molecular formula is C8H9IN2. The molecule has 0 amide bonds. The molecule has 0 saturated heterocycles. The topological polar surface area (TPSA) is 38.9 Å². The molecule has 0 aliphatic heterocycles. The second-order valence-electron chi connectivity index (χ2n) is 2.33. The van der Waals surface area contributed by atoms with Crippen LogP contribution in [0.15, 0.2) is 18.8 Å². The van der Waals surface area contributed by atoms with Gasteiger partial charge in [-0.15, -0.1) is 0 Å². The van der Waals surface area contributed by atoms with E-state index in [-0.39, 0.29) is 0 Å². The monoisotopic (exact) mass is 260 g/mol. The molecular weight excluding hydrogens is 251 g/mol. The van der Waals surface area contributed by atoms with Crippen molar-refractivity contribution >= 4 is 34.0 Å². The average Bonchev–Trinajstić information content (AvgIpc) is 1.85. The number of anilines is 1. The maximum atomic E-state index is 5.65. The molecule has 0 radical (unpaired) electrons. The number of nitrogens with two attached hydrogens (primary N) is 1. The molecule has 0 aliphatic carbocycles. The largest absolute Gasteiger partial charge is 0.383 e. The third-order valence-electron chi connectivity index (χ3n) is 1.36. The van der Waals surface area contributed by atoms with Crippen molar-refractivity contribution in [3.05, 3.63) is 28.0 Å². The summed E-state index contributed by atoms with van der Waals surface area (Å²) in [5.74, 6) is 0.560.